The van der Waals surface area contributed by atoms with Crippen molar-refractivity contribution in [2.45, 2.75) is 39.0 Å². The molecule has 1 N–H and O–H groups in total. The molecule has 6 heteroatoms. The van der Waals surface area contributed by atoms with Crippen molar-refractivity contribution in [1.82, 2.24) is 20.0 Å². The van der Waals surface area contributed by atoms with Gasteiger partial charge in [0.05, 0.1) is 6.42 Å². The summed E-state index contributed by atoms with van der Waals surface area (Å²) < 4.78 is 5.09. The molecule has 0 radical (unpaired) electrons. The minimum absolute atomic E-state index is 0.160. The van der Waals surface area contributed by atoms with Crippen LogP contribution in [0.3, 0.4) is 0 Å². The second kappa shape index (κ2) is 6.35. The van der Waals surface area contributed by atoms with Gasteiger partial charge in [0.25, 0.3) is 0 Å². The summed E-state index contributed by atoms with van der Waals surface area (Å²) >= 11 is 0. The van der Waals surface area contributed by atoms with Crippen LogP contribution >= 0.6 is 0 Å². The SMILES string of the molecule is Cc1nc([C@@H]2CCCN(C(=O)Cc3c[nH]c4c(C)cccc34)C2)no1. The molecule has 1 aromatic carbocycles. The van der Waals surface area contributed by atoms with Crippen LogP contribution in [0.15, 0.2) is 28.9 Å². The van der Waals surface area contributed by atoms with E-state index in [1.54, 1.807) is 6.92 Å². The number of hydrogen-bond donors (Lipinski definition) is 1. The van der Waals surface area contributed by atoms with Crippen molar-refractivity contribution in [2.24, 2.45) is 0 Å². The first kappa shape index (κ1) is 15.9. The molecule has 1 aliphatic heterocycles. The van der Waals surface area contributed by atoms with Crippen molar-refractivity contribution in [3.05, 3.63) is 47.2 Å². The molecule has 0 aliphatic carbocycles. The van der Waals surface area contributed by atoms with E-state index in [0.29, 0.717) is 18.9 Å². The summed E-state index contributed by atoms with van der Waals surface area (Å²) in [6, 6.07) is 6.18. The molecule has 130 valence electrons. The van der Waals surface area contributed by atoms with Crippen LogP contribution in [0.4, 0.5) is 0 Å². The van der Waals surface area contributed by atoms with Gasteiger partial charge in [-0.2, -0.15) is 4.98 Å². The molecule has 3 heterocycles. The number of nitrogens with zero attached hydrogens (tertiary/aromatic N) is 3. The number of benzene rings is 1. The van der Waals surface area contributed by atoms with E-state index in [4.69, 9.17) is 4.52 Å². The van der Waals surface area contributed by atoms with E-state index >= 15 is 0 Å². The Kier molecular flexibility index (Phi) is 4.03. The van der Waals surface area contributed by atoms with Crippen LogP contribution in [0.5, 0.6) is 0 Å². The first-order valence-electron chi connectivity index (χ1n) is 8.75. The second-order valence-corrected chi connectivity index (χ2v) is 6.84. The lowest BCUT2D eigenvalue weighted by Crippen LogP contribution is -2.40. The number of amides is 1. The molecule has 6 nitrogen and oxygen atoms in total. The topological polar surface area (TPSA) is 75.0 Å². The van der Waals surface area contributed by atoms with Gasteiger partial charge in [-0.3, -0.25) is 4.79 Å². The summed E-state index contributed by atoms with van der Waals surface area (Å²) in [5.41, 5.74) is 3.37. The highest BCUT2D eigenvalue weighted by molar-refractivity contribution is 5.90. The number of fused-ring (bicyclic) bond motifs is 1. The van der Waals surface area contributed by atoms with Gasteiger partial charge in [0.2, 0.25) is 11.8 Å². The lowest BCUT2D eigenvalue weighted by molar-refractivity contribution is -0.131. The lowest BCUT2D eigenvalue weighted by atomic mass is 9.96. The van der Waals surface area contributed by atoms with Crippen molar-refractivity contribution in [3.63, 3.8) is 0 Å². The van der Waals surface area contributed by atoms with Gasteiger partial charge in [-0.05, 0) is 30.9 Å². The lowest BCUT2D eigenvalue weighted by Gasteiger charge is -2.31. The van der Waals surface area contributed by atoms with Gasteiger partial charge in [-0.1, -0.05) is 23.4 Å². The fourth-order valence-corrected chi connectivity index (χ4v) is 3.68. The molecular weight excluding hydrogens is 316 g/mol. The minimum atomic E-state index is 0.160. The number of hydrogen-bond acceptors (Lipinski definition) is 4. The Morgan fingerprint density at radius 1 is 1.40 bits per heavy atom. The molecule has 4 rings (SSSR count). The average Bonchev–Trinajstić information content (AvgIpc) is 3.23. The van der Waals surface area contributed by atoms with Gasteiger partial charge in [0, 0.05) is 43.0 Å². The summed E-state index contributed by atoms with van der Waals surface area (Å²) in [6.07, 6.45) is 4.34. The Morgan fingerprint density at radius 3 is 3.08 bits per heavy atom. The fraction of sp³-hybridized carbons (Fsp3) is 0.421. The summed E-state index contributed by atoms with van der Waals surface area (Å²) in [5.74, 6) is 1.62. The number of rotatable bonds is 3. The third-order valence-corrected chi connectivity index (χ3v) is 5.03. The molecule has 1 saturated heterocycles. The Bertz CT molecular complexity index is 911. The van der Waals surface area contributed by atoms with Crippen LogP contribution in [0.25, 0.3) is 10.9 Å². The van der Waals surface area contributed by atoms with Crippen molar-refractivity contribution in [3.8, 4) is 0 Å². The number of aromatic nitrogens is 3. The Labute approximate surface area is 146 Å². The molecule has 0 unspecified atom stereocenters. The van der Waals surface area contributed by atoms with E-state index in [1.165, 1.54) is 5.56 Å². The molecule has 1 atom stereocenters. The van der Waals surface area contributed by atoms with E-state index in [-0.39, 0.29) is 11.8 Å². The highest BCUT2D eigenvalue weighted by Crippen LogP contribution is 2.26. The predicted octanol–water partition coefficient (Wildman–Crippen LogP) is 3.12. The van der Waals surface area contributed by atoms with Crippen LogP contribution in [-0.4, -0.2) is 39.0 Å². The third-order valence-electron chi connectivity index (χ3n) is 5.03. The van der Waals surface area contributed by atoms with Crippen LogP contribution in [-0.2, 0) is 11.2 Å². The van der Waals surface area contributed by atoms with Crippen molar-refractivity contribution in [2.75, 3.05) is 13.1 Å². The van der Waals surface area contributed by atoms with E-state index in [0.717, 1.165) is 41.7 Å². The van der Waals surface area contributed by atoms with Gasteiger partial charge in [0.15, 0.2) is 5.82 Å². The molecule has 25 heavy (non-hydrogen) atoms. The van der Waals surface area contributed by atoms with Gasteiger partial charge >= 0.3 is 0 Å². The monoisotopic (exact) mass is 338 g/mol. The van der Waals surface area contributed by atoms with Crippen LogP contribution in [0.1, 0.15) is 41.6 Å². The first-order chi connectivity index (χ1) is 12.1. The second-order valence-electron chi connectivity index (χ2n) is 6.84. The minimum Gasteiger partial charge on any atom is -0.361 e. The van der Waals surface area contributed by atoms with Crippen molar-refractivity contribution in [1.29, 1.82) is 0 Å². The maximum absolute atomic E-state index is 12.8. The van der Waals surface area contributed by atoms with Crippen molar-refractivity contribution >= 4 is 16.8 Å². The number of carbonyl (C=O) groups is 1. The molecule has 3 aromatic rings. The fourth-order valence-electron chi connectivity index (χ4n) is 3.68. The van der Waals surface area contributed by atoms with Gasteiger partial charge < -0.3 is 14.4 Å². The maximum Gasteiger partial charge on any atom is 0.227 e. The molecular formula is C19H22N4O2. The zero-order valence-corrected chi connectivity index (χ0v) is 14.6. The van der Waals surface area contributed by atoms with Gasteiger partial charge in [0.1, 0.15) is 0 Å². The van der Waals surface area contributed by atoms with Crippen LogP contribution < -0.4 is 0 Å². The first-order valence-corrected chi connectivity index (χ1v) is 8.75. The summed E-state index contributed by atoms with van der Waals surface area (Å²) in [5, 5.41) is 5.17. The molecule has 1 fully saturated rings. The van der Waals surface area contributed by atoms with Gasteiger partial charge in [-0.15, -0.1) is 0 Å². The van der Waals surface area contributed by atoms with E-state index < -0.39 is 0 Å². The van der Waals surface area contributed by atoms with Crippen LogP contribution in [0, 0.1) is 13.8 Å². The van der Waals surface area contributed by atoms with E-state index in [9.17, 15) is 4.79 Å². The third kappa shape index (κ3) is 3.04. The standard InChI is InChI=1S/C19H22N4O2/c1-12-5-3-7-16-15(10-20-18(12)16)9-17(24)23-8-4-6-14(11-23)19-21-13(2)25-22-19/h3,5,7,10,14,20H,4,6,8-9,11H2,1-2H3/t14-/m1/s1. The van der Waals surface area contributed by atoms with E-state index in [2.05, 4.69) is 34.2 Å². The maximum atomic E-state index is 12.8. The predicted molar refractivity (Wildman–Crippen MR) is 94.3 cm³/mol. The quantitative estimate of drug-likeness (QED) is 0.796. The summed E-state index contributed by atoms with van der Waals surface area (Å²) in [7, 11) is 0. The number of aromatic amines is 1. The number of H-pyrrole nitrogens is 1. The Morgan fingerprint density at radius 2 is 2.28 bits per heavy atom. The Balaban J connectivity index is 1.49. The number of carbonyl (C=O) groups excluding carboxylic acids is 1. The largest absolute Gasteiger partial charge is 0.361 e. The normalized spacial score (nSPS) is 18.0. The molecule has 1 amide bonds. The zero-order chi connectivity index (χ0) is 17.4. The molecule has 1 aliphatic rings. The molecule has 0 bridgehead atoms. The summed E-state index contributed by atoms with van der Waals surface area (Å²) in [6.45, 7) is 5.33. The number of para-hydroxylation sites is 1. The molecule has 2 aromatic heterocycles. The highest BCUT2D eigenvalue weighted by atomic mass is 16.5. The number of likely N-dealkylation sites (tertiary alicyclic amines) is 1. The Hall–Kier alpha value is -2.63. The molecule has 0 spiro atoms. The summed E-state index contributed by atoms with van der Waals surface area (Å²) in [4.78, 5) is 22.4. The van der Waals surface area contributed by atoms with E-state index in [1.807, 2.05) is 17.2 Å². The van der Waals surface area contributed by atoms with Crippen molar-refractivity contribution < 1.29 is 9.32 Å². The highest BCUT2D eigenvalue weighted by Gasteiger charge is 2.28. The number of piperidine rings is 1. The zero-order valence-electron chi connectivity index (χ0n) is 14.6. The van der Waals surface area contributed by atoms with Gasteiger partial charge in [-0.25, -0.2) is 0 Å². The number of nitrogens with one attached hydrogen (secondary N) is 1. The average molecular weight is 338 g/mol. The smallest absolute Gasteiger partial charge is 0.227 e. The number of aryl methyl sites for hydroxylation is 2. The molecule has 0 saturated carbocycles. The van der Waals surface area contributed by atoms with Crippen LogP contribution in [0.2, 0.25) is 0 Å².